The molecule has 0 spiro atoms. The second kappa shape index (κ2) is 4.06. The van der Waals surface area contributed by atoms with Crippen molar-refractivity contribution in [3.63, 3.8) is 0 Å². The van der Waals surface area contributed by atoms with Crippen LogP contribution in [0.5, 0.6) is 0 Å². The van der Waals surface area contributed by atoms with Gasteiger partial charge in [-0.1, -0.05) is 23.2 Å². The summed E-state index contributed by atoms with van der Waals surface area (Å²) in [6, 6.07) is 0.696. The molecule has 1 rings (SSSR count). The highest BCUT2D eigenvalue weighted by Crippen LogP contribution is 2.31. The molecule has 0 saturated carbocycles. The Bertz CT molecular complexity index is 384. The van der Waals surface area contributed by atoms with Crippen LogP contribution < -0.4 is 0 Å². The lowest BCUT2D eigenvalue weighted by molar-refractivity contribution is 0.0690. The molecule has 0 aliphatic heterocycles. The molecule has 0 amide bonds. The first-order chi connectivity index (χ1) is 6.43. The van der Waals surface area contributed by atoms with Crippen LogP contribution in [0.1, 0.15) is 22.5 Å². The first kappa shape index (κ1) is 11.1. The maximum Gasteiger partial charge on any atom is 0.354 e. The molecule has 14 heavy (non-hydrogen) atoms. The quantitative estimate of drug-likeness (QED) is 0.810. The van der Waals surface area contributed by atoms with Crippen LogP contribution in [0.25, 0.3) is 0 Å². The largest absolute Gasteiger partial charge is 0.477 e. The van der Waals surface area contributed by atoms with Crippen LogP contribution >= 0.6 is 23.2 Å². The Morgan fingerprint density at radius 2 is 2.07 bits per heavy atom. The first-order valence-electron chi connectivity index (χ1n) is 3.31. The van der Waals surface area contributed by atoms with Crippen molar-refractivity contribution in [2.24, 2.45) is 0 Å². The molecule has 0 unspecified atom stereocenters. The van der Waals surface area contributed by atoms with Crippen molar-refractivity contribution in [2.45, 2.75) is 6.43 Å². The summed E-state index contributed by atoms with van der Waals surface area (Å²) < 4.78 is 24.6. The average molecular weight is 242 g/mol. The summed E-state index contributed by atoms with van der Waals surface area (Å²) in [5.74, 6) is -1.44. The minimum atomic E-state index is -2.89. The number of aromatic carboxylic acids is 1. The number of nitrogens with zero attached hydrogens (tertiary/aromatic N) is 1. The molecule has 0 aromatic carbocycles. The Labute approximate surface area is 87.3 Å². The van der Waals surface area contributed by atoms with Crippen LogP contribution in [0.4, 0.5) is 8.78 Å². The van der Waals surface area contributed by atoms with Gasteiger partial charge in [-0.05, 0) is 6.07 Å². The molecule has 0 radical (unpaired) electrons. The monoisotopic (exact) mass is 241 g/mol. The van der Waals surface area contributed by atoms with Gasteiger partial charge in [0.1, 0.15) is 5.15 Å². The molecule has 7 heteroatoms. The summed E-state index contributed by atoms with van der Waals surface area (Å²) >= 11 is 10.8. The van der Waals surface area contributed by atoms with Gasteiger partial charge in [-0.3, -0.25) is 0 Å². The zero-order valence-corrected chi connectivity index (χ0v) is 7.98. The summed E-state index contributed by atoms with van der Waals surface area (Å²) in [4.78, 5) is 13.7. The van der Waals surface area contributed by atoms with E-state index < -0.39 is 33.8 Å². The van der Waals surface area contributed by atoms with Crippen molar-refractivity contribution < 1.29 is 18.7 Å². The number of carboxylic acid groups (broad SMARTS) is 1. The topological polar surface area (TPSA) is 50.2 Å². The van der Waals surface area contributed by atoms with Crippen LogP contribution in [0.3, 0.4) is 0 Å². The SMILES string of the molecule is O=C(O)c1cc(C(F)F)c(Cl)c(Cl)n1. The molecular formula is C7H3Cl2F2NO2. The van der Waals surface area contributed by atoms with Gasteiger partial charge < -0.3 is 5.11 Å². The van der Waals surface area contributed by atoms with Gasteiger partial charge in [0.15, 0.2) is 5.69 Å². The lowest BCUT2D eigenvalue weighted by atomic mass is 10.2. The standard InChI is InChI=1S/C7H3Cl2F2NO2/c8-4-2(6(10)11)1-3(7(13)14)12-5(4)9/h1,6H,(H,13,14). The third-order valence-corrected chi connectivity index (χ3v) is 2.17. The normalized spacial score (nSPS) is 10.6. The van der Waals surface area contributed by atoms with E-state index in [0.29, 0.717) is 6.07 Å². The van der Waals surface area contributed by atoms with E-state index in [0.717, 1.165) is 0 Å². The number of alkyl halides is 2. The Hall–Kier alpha value is -0.940. The molecule has 1 N–H and O–H groups in total. The van der Waals surface area contributed by atoms with Gasteiger partial charge >= 0.3 is 5.97 Å². The minimum absolute atomic E-state index is 0.424. The molecule has 0 fully saturated rings. The molecule has 0 aliphatic rings. The van der Waals surface area contributed by atoms with Crippen LogP contribution in [0.15, 0.2) is 6.07 Å². The zero-order chi connectivity index (χ0) is 10.9. The first-order valence-corrected chi connectivity index (χ1v) is 4.06. The summed E-state index contributed by atoms with van der Waals surface area (Å²) in [7, 11) is 0. The number of rotatable bonds is 2. The van der Waals surface area contributed by atoms with Crippen molar-refractivity contribution in [1.29, 1.82) is 0 Å². The molecule has 0 aliphatic carbocycles. The van der Waals surface area contributed by atoms with Crippen molar-refractivity contribution in [3.8, 4) is 0 Å². The van der Waals surface area contributed by atoms with E-state index in [1.165, 1.54) is 0 Å². The van der Waals surface area contributed by atoms with Gasteiger partial charge in [0.25, 0.3) is 6.43 Å². The molecule has 0 atom stereocenters. The number of carbonyl (C=O) groups is 1. The van der Waals surface area contributed by atoms with E-state index in [2.05, 4.69) is 4.98 Å². The van der Waals surface area contributed by atoms with Crippen molar-refractivity contribution in [2.75, 3.05) is 0 Å². The Balaban J connectivity index is 3.35. The summed E-state index contributed by atoms with van der Waals surface area (Å²) in [5, 5.41) is 7.63. The molecule has 1 aromatic rings. The second-order valence-corrected chi connectivity index (χ2v) is 3.04. The predicted molar refractivity (Wildman–Crippen MR) is 46.2 cm³/mol. The van der Waals surface area contributed by atoms with E-state index in [-0.39, 0.29) is 0 Å². The number of hydrogen-bond donors (Lipinski definition) is 1. The third-order valence-electron chi connectivity index (χ3n) is 1.40. The molecule has 3 nitrogen and oxygen atoms in total. The summed E-state index contributed by atoms with van der Waals surface area (Å²) in [6.07, 6.45) is -2.89. The maximum atomic E-state index is 12.3. The fourth-order valence-corrected chi connectivity index (χ4v) is 1.16. The molecule has 1 heterocycles. The number of pyridine rings is 1. The number of aromatic nitrogens is 1. The second-order valence-electron chi connectivity index (χ2n) is 2.31. The Kier molecular flexibility index (Phi) is 3.23. The summed E-state index contributed by atoms with van der Waals surface area (Å²) in [6.45, 7) is 0. The molecular weight excluding hydrogens is 239 g/mol. The maximum absolute atomic E-state index is 12.3. The molecule has 0 saturated heterocycles. The molecule has 76 valence electrons. The Morgan fingerprint density at radius 3 is 2.50 bits per heavy atom. The lowest BCUT2D eigenvalue weighted by Crippen LogP contribution is -2.03. The number of carboxylic acids is 1. The molecule has 1 aromatic heterocycles. The number of halogens is 4. The highest BCUT2D eigenvalue weighted by Gasteiger charge is 2.19. The summed E-state index contributed by atoms with van der Waals surface area (Å²) in [5.41, 5.74) is -1.20. The van der Waals surface area contributed by atoms with Crippen molar-refractivity contribution in [3.05, 3.63) is 27.5 Å². The van der Waals surface area contributed by atoms with E-state index in [1.807, 2.05) is 0 Å². The smallest absolute Gasteiger partial charge is 0.354 e. The van der Waals surface area contributed by atoms with Crippen molar-refractivity contribution >= 4 is 29.2 Å². The van der Waals surface area contributed by atoms with Gasteiger partial charge in [0, 0.05) is 5.56 Å². The van der Waals surface area contributed by atoms with E-state index in [4.69, 9.17) is 28.3 Å². The fraction of sp³-hybridized carbons (Fsp3) is 0.143. The van der Waals surface area contributed by atoms with Crippen LogP contribution in [0, 0.1) is 0 Å². The van der Waals surface area contributed by atoms with Gasteiger partial charge in [0.2, 0.25) is 0 Å². The van der Waals surface area contributed by atoms with Crippen LogP contribution in [0.2, 0.25) is 10.2 Å². The number of hydrogen-bond acceptors (Lipinski definition) is 2. The zero-order valence-electron chi connectivity index (χ0n) is 6.47. The lowest BCUT2D eigenvalue weighted by Gasteiger charge is -2.05. The van der Waals surface area contributed by atoms with E-state index in [9.17, 15) is 13.6 Å². The predicted octanol–water partition coefficient (Wildman–Crippen LogP) is 3.02. The van der Waals surface area contributed by atoms with Gasteiger partial charge in [-0.2, -0.15) is 0 Å². The highest BCUT2D eigenvalue weighted by molar-refractivity contribution is 6.41. The van der Waals surface area contributed by atoms with E-state index >= 15 is 0 Å². The third kappa shape index (κ3) is 2.10. The average Bonchev–Trinajstić information content (AvgIpc) is 2.08. The van der Waals surface area contributed by atoms with Crippen LogP contribution in [-0.2, 0) is 0 Å². The van der Waals surface area contributed by atoms with Crippen molar-refractivity contribution in [1.82, 2.24) is 4.98 Å². The highest BCUT2D eigenvalue weighted by atomic mass is 35.5. The van der Waals surface area contributed by atoms with Crippen LogP contribution in [-0.4, -0.2) is 16.1 Å². The molecule has 0 bridgehead atoms. The fourth-order valence-electron chi connectivity index (χ4n) is 0.785. The van der Waals surface area contributed by atoms with Gasteiger partial charge in [0.05, 0.1) is 5.02 Å². The van der Waals surface area contributed by atoms with Gasteiger partial charge in [-0.25, -0.2) is 18.6 Å². The van der Waals surface area contributed by atoms with E-state index in [1.54, 1.807) is 0 Å². The Morgan fingerprint density at radius 1 is 1.50 bits per heavy atom. The van der Waals surface area contributed by atoms with Gasteiger partial charge in [-0.15, -0.1) is 0 Å². The minimum Gasteiger partial charge on any atom is -0.477 e.